The molecule has 19 heavy (non-hydrogen) atoms. The first-order valence-electron chi connectivity index (χ1n) is 7.01. The molecule has 1 N–H and O–H groups in total. The molecular formula is C16H25N3. The second-order valence-electron chi connectivity index (χ2n) is 6.47. The molecule has 0 aliphatic heterocycles. The van der Waals surface area contributed by atoms with E-state index >= 15 is 0 Å². The highest BCUT2D eigenvalue weighted by Crippen LogP contribution is 2.30. The van der Waals surface area contributed by atoms with Crippen LogP contribution in [-0.2, 0) is 7.05 Å². The Morgan fingerprint density at radius 3 is 2.58 bits per heavy atom. The molecule has 1 heterocycles. The molecule has 1 aromatic carbocycles. The van der Waals surface area contributed by atoms with E-state index in [4.69, 9.17) is 5.10 Å². The highest BCUT2D eigenvalue weighted by atomic mass is 15.3. The zero-order valence-corrected chi connectivity index (χ0v) is 12.7. The Labute approximate surface area is 116 Å². The van der Waals surface area contributed by atoms with Gasteiger partial charge in [0, 0.05) is 12.4 Å². The van der Waals surface area contributed by atoms with Crippen molar-refractivity contribution in [1.82, 2.24) is 15.1 Å². The van der Waals surface area contributed by atoms with E-state index < -0.39 is 0 Å². The maximum Gasteiger partial charge on any atom is 0.0872 e. The van der Waals surface area contributed by atoms with Gasteiger partial charge in [0.15, 0.2) is 0 Å². The van der Waals surface area contributed by atoms with Crippen molar-refractivity contribution in [2.45, 2.75) is 39.7 Å². The molecule has 0 aliphatic rings. The zero-order chi connectivity index (χ0) is 14.0. The molecule has 3 nitrogen and oxygen atoms in total. The normalized spacial score (nSPS) is 13.9. The van der Waals surface area contributed by atoms with E-state index in [1.54, 1.807) is 0 Å². The Morgan fingerprint density at radius 2 is 1.95 bits per heavy atom. The van der Waals surface area contributed by atoms with Gasteiger partial charge in [0.25, 0.3) is 0 Å². The molecule has 0 fully saturated rings. The Balaban J connectivity index is 2.31. The molecule has 0 saturated carbocycles. The summed E-state index contributed by atoms with van der Waals surface area (Å²) in [5, 5.41) is 9.40. The van der Waals surface area contributed by atoms with Crippen LogP contribution in [0.25, 0.3) is 10.9 Å². The van der Waals surface area contributed by atoms with Crippen LogP contribution in [0.2, 0.25) is 0 Å². The minimum absolute atomic E-state index is 0.324. The Hall–Kier alpha value is -1.35. The fourth-order valence-corrected chi connectivity index (χ4v) is 2.49. The lowest BCUT2D eigenvalue weighted by atomic mass is 9.88. The molecule has 0 spiro atoms. The number of rotatable bonds is 4. The maximum absolute atomic E-state index is 4.72. The van der Waals surface area contributed by atoms with Crippen LogP contribution in [0.15, 0.2) is 24.3 Å². The van der Waals surface area contributed by atoms with Gasteiger partial charge in [-0.1, -0.05) is 39.0 Å². The number of benzene rings is 1. The van der Waals surface area contributed by atoms with Gasteiger partial charge in [0.05, 0.1) is 17.3 Å². The summed E-state index contributed by atoms with van der Waals surface area (Å²) >= 11 is 0. The van der Waals surface area contributed by atoms with Gasteiger partial charge in [0.2, 0.25) is 0 Å². The maximum atomic E-state index is 4.72. The Bertz CT molecular complexity index is 549. The van der Waals surface area contributed by atoms with Crippen LogP contribution in [0.1, 0.15) is 45.3 Å². The van der Waals surface area contributed by atoms with Crippen molar-refractivity contribution < 1.29 is 0 Å². The Kier molecular flexibility index (Phi) is 3.95. The van der Waals surface area contributed by atoms with Gasteiger partial charge in [-0.15, -0.1) is 0 Å². The Morgan fingerprint density at radius 1 is 1.26 bits per heavy atom. The summed E-state index contributed by atoms with van der Waals surface area (Å²) in [5.41, 5.74) is 2.73. The third-order valence-corrected chi connectivity index (χ3v) is 3.65. The molecular weight excluding hydrogens is 234 g/mol. The molecule has 0 aliphatic carbocycles. The van der Waals surface area contributed by atoms with Gasteiger partial charge in [-0.2, -0.15) is 5.10 Å². The molecule has 3 heteroatoms. The first-order chi connectivity index (χ1) is 8.92. The smallest absolute Gasteiger partial charge is 0.0872 e. The number of aryl methyl sites for hydroxylation is 1. The average Bonchev–Trinajstić information content (AvgIpc) is 2.68. The second-order valence-corrected chi connectivity index (χ2v) is 6.47. The van der Waals surface area contributed by atoms with Crippen molar-refractivity contribution in [3.63, 3.8) is 0 Å². The molecule has 0 radical (unpaired) electrons. The average molecular weight is 259 g/mol. The van der Waals surface area contributed by atoms with Gasteiger partial charge in [-0.3, -0.25) is 4.68 Å². The van der Waals surface area contributed by atoms with E-state index in [-0.39, 0.29) is 0 Å². The summed E-state index contributed by atoms with van der Waals surface area (Å²) in [6.07, 6.45) is 2.30. The molecule has 0 bridgehead atoms. The highest BCUT2D eigenvalue weighted by Gasteiger charge is 2.20. The number of nitrogens with one attached hydrogen (secondary N) is 1. The third-order valence-electron chi connectivity index (χ3n) is 3.65. The minimum atomic E-state index is 0.324. The van der Waals surface area contributed by atoms with E-state index in [0.717, 1.165) is 6.42 Å². The van der Waals surface area contributed by atoms with Crippen LogP contribution in [0, 0.1) is 5.41 Å². The van der Waals surface area contributed by atoms with Crippen molar-refractivity contribution >= 4 is 10.9 Å². The van der Waals surface area contributed by atoms with Gasteiger partial charge in [-0.05, 0) is 31.4 Å². The van der Waals surface area contributed by atoms with E-state index in [0.29, 0.717) is 11.5 Å². The first-order valence-corrected chi connectivity index (χ1v) is 7.01. The van der Waals surface area contributed by atoms with Crippen molar-refractivity contribution in [2.24, 2.45) is 12.5 Å². The minimum Gasteiger partial charge on any atom is -0.312 e. The summed E-state index contributed by atoms with van der Waals surface area (Å²) in [6, 6.07) is 8.77. The second kappa shape index (κ2) is 5.33. The van der Waals surface area contributed by atoms with E-state index in [1.807, 2.05) is 18.8 Å². The third kappa shape index (κ3) is 3.16. The topological polar surface area (TPSA) is 29.9 Å². The lowest BCUT2D eigenvalue weighted by Gasteiger charge is -2.22. The molecule has 0 amide bonds. The lowest BCUT2D eigenvalue weighted by molar-refractivity contribution is 0.336. The molecule has 0 saturated heterocycles. The van der Waals surface area contributed by atoms with Crippen LogP contribution in [0.3, 0.4) is 0 Å². The number of hydrogen-bond donors (Lipinski definition) is 1. The van der Waals surface area contributed by atoms with E-state index in [2.05, 4.69) is 50.4 Å². The number of fused-ring (bicyclic) bond motifs is 1. The predicted octanol–water partition coefficient (Wildman–Crippen LogP) is 3.66. The largest absolute Gasteiger partial charge is 0.312 e. The van der Waals surface area contributed by atoms with Crippen molar-refractivity contribution in [3.05, 3.63) is 30.0 Å². The van der Waals surface area contributed by atoms with Gasteiger partial charge in [0.1, 0.15) is 0 Å². The molecule has 1 aromatic heterocycles. The lowest BCUT2D eigenvalue weighted by Crippen LogP contribution is -2.19. The monoisotopic (exact) mass is 259 g/mol. The predicted molar refractivity (Wildman–Crippen MR) is 81.2 cm³/mol. The molecule has 2 rings (SSSR count). The summed E-state index contributed by atoms with van der Waals surface area (Å²) < 4.78 is 1.98. The SMILES string of the molecule is CNC(CCC(C)(C)C)c1nn(C)c2ccccc12. The molecule has 104 valence electrons. The summed E-state index contributed by atoms with van der Waals surface area (Å²) in [4.78, 5) is 0. The fraction of sp³-hybridized carbons (Fsp3) is 0.562. The zero-order valence-electron chi connectivity index (χ0n) is 12.7. The highest BCUT2D eigenvalue weighted by molar-refractivity contribution is 5.82. The van der Waals surface area contributed by atoms with Gasteiger partial charge < -0.3 is 5.32 Å². The number of hydrogen-bond acceptors (Lipinski definition) is 2. The fourth-order valence-electron chi connectivity index (χ4n) is 2.49. The van der Waals surface area contributed by atoms with Crippen LogP contribution in [0.5, 0.6) is 0 Å². The van der Waals surface area contributed by atoms with Crippen molar-refractivity contribution in [2.75, 3.05) is 7.05 Å². The van der Waals surface area contributed by atoms with E-state index in [1.165, 1.54) is 23.0 Å². The van der Waals surface area contributed by atoms with Gasteiger partial charge in [-0.25, -0.2) is 0 Å². The van der Waals surface area contributed by atoms with Crippen LogP contribution in [-0.4, -0.2) is 16.8 Å². The van der Waals surface area contributed by atoms with Crippen molar-refractivity contribution in [1.29, 1.82) is 0 Å². The first kappa shape index (κ1) is 14.1. The number of para-hydroxylation sites is 1. The van der Waals surface area contributed by atoms with E-state index in [9.17, 15) is 0 Å². The van der Waals surface area contributed by atoms with Crippen LogP contribution < -0.4 is 5.32 Å². The van der Waals surface area contributed by atoms with Crippen molar-refractivity contribution in [3.8, 4) is 0 Å². The van der Waals surface area contributed by atoms with Crippen LogP contribution in [0.4, 0.5) is 0 Å². The summed E-state index contributed by atoms with van der Waals surface area (Å²) in [5.74, 6) is 0. The molecule has 2 aromatic rings. The van der Waals surface area contributed by atoms with Gasteiger partial charge >= 0.3 is 0 Å². The molecule has 1 unspecified atom stereocenters. The number of nitrogens with zero attached hydrogens (tertiary/aromatic N) is 2. The standard InChI is InChI=1S/C16H25N3/c1-16(2,3)11-10-13(17-4)15-12-8-6-7-9-14(12)19(5)18-15/h6-9,13,17H,10-11H2,1-5H3. The summed E-state index contributed by atoms with van der Waals surface area (Å²) in [6.45, 7) is 6.86. The number of aromatic nitrogens is 2. The van der Waals surface area contributed by atoms with Crippen LogP contribution >= 0.6 is 0 Å². The summed E-state index contributed by atoms with van der Waals surface area (Å²) in [7, 11) is 4.04. The molecule has 1 atom stereocenters. The quantitative estimate of drug-likeness (QED) is 0.908.